The Balaban J connectivity index is 2.35. The molecule has 2 aromatic rings. The molecule has 0 aliphatic rings. The van der Waals surface area contributed by atoms with Crippen LogP contribution < -0.4 is 10.1 Å². The predicted octanol–water partition coefficient (Wildman–Crippen LogP) is 4.02. The van der Waals surface area contributed by atoms with Crippen LogP contribution in [0.1, 0.15) is 24.1 Å². The molecule has 2 rings (SSSR count). The molecule has 0 amide bonds. The zero-order valence-corrected chi connectivity index (χ0v) is 11.7. The summed E-state index contributed by atoms with van der Waals surface area (Å²) in [6.45, 7) is 1.74. The molecule has 0 aliphatic carbocycles. The zero-order valence-electron chi connectivity index (χ0n) is 11.7. The summed E-state index contributed by atoms with van der Waals surface area (Å²) in [6, 6.07) is 9.85. The van der Waals surface area contributed by atoms with Crippen molar-refractivity contribution in [2.45, 2.75) is 13.0 Å². The van der Waals surface area contributed by atoms with Gasteiger partial charge in [-0.2, -0.15) is 5.26 Å². The zero-order chi connectivity index (χ0) is 15.4. The van der Waals surface area contributed by atoms with E-state index in [1.807, 2.05) is 6.07 Å². The maximum atomic E-state index is 14.0. The van der Waals surface area contributed by atoms with Crippen molar-refractivity contribution in [1.82, 2.24) is 0 Å². The molecular weight excluding hydrogens is 274 g/mol. The Morgan fingerprint density at radius 3 is 2.67 bits per heavy atom. The van der Waals surface area contributed by atoms with Crippen LogP contribution in [-0.2, 0) is 0 Å². The molecule has 2 aromatic carbocycles. The van der Waals surface area contributed by atoms with Gasteiger partial charge in [-0.3, -0.25) is 0 Å². The second-order valence-corrected chi connectivity index (χ2v) is 4.52. The molecule has 0 aromatic heterocycles. The highest BCUT2D eigenvalue weighted by Crippen LogP contribution is 2.31. The summed E-state index contributed by atoms with van der Waals surface area (Å²) in [4.78, 5) is 0. The van der Waals surface area contributed by atoms with Crippen LogP contribution in [0.2, 0.25) is 0 Å². The van der Waals surface area contributed by atoms with Crippen LogP contribution >= 0.6 is 0 Å². The second kappa shape index (κ2) is 6.23. The van der Waals surface area contributed by atoms with E-state index < -0.39 is 17.7 Å². The lowest BCUT2D eigenvalue weighted by atomic mass is 10.1. The fraction of sp³-hybridized carbons (Fsp3) is 0.188. The highest BCUT2D eigenvalue weighted by molar-refractivity contribution is 5.59. The maximum Gasteiger partial charge on any atom is 0.132 e. The second-order valence-electron chi connectivity index (χ2n) is 4.52. The van der Waals surface area contributed by atoms with E-state index in [1.54, 1.807) is 19.1 Å². The largest absolute Gasteiger partial charge is 0.496 e. The molecular formula is C16H14F2N2O. The molecule has 108 valence electrons. The van der Waals surface area contributed by atoms with Gasteiger partial charge in [-0.25, -0.2) is 8.78 Å². The third-order valence-electron chi connectivity index (χ3n) is 3.14. The van der Waals surface area contributed by atoms with Gasteiger partial charge in [0.25, 0.3) is 0 Å². The number of benzene rings is 2. The van der Waals surface area contributed by atoms with E-state index in [0.29, 0.717) is 17.0 Å². The summed E-state index contributed by atoms with van der Waals surface area (Å²) in [5.41, 5.74) is 0.960. The van der Waals surface area contributed by atoms with Crippen LogP contribution in [0.5, 0.6) is 5.75 Å². The van der Waals surface area contributed by atoms with Gasteiger partial charge in [0.15, 0.2) is 0 Å². The first-order valence-corrected chi connectivity index (χ1v) is 6.35. The SMILES string of the molecule is COc1cccc(F)c1C(C)Nc1ccc(F)cc1C#N. The number of nitriles is 1. The topological polar surface area (TPSA) is 45.0 Å². The van der Waals surface area contributed by atoms with E-state index in [2.05, 4.69) is 5.32 Å². The van der Waals surface area contributed by atoms with Crippen molar-refractivity contribution in [3.8, 4) is 11.8 Å². The summed E-state index contributed by atoms with van der Waals surface area (Å²) in [6.07, 6.45) is 0. The molecule has 0 radical (unpaired) electrons. The fourth-order valence-electron chi connectivity index (χ4n) is 2.16. The van der Waals surface area contributed by atoms with Gasteiger partial charge in [-0.15, -0.1) is 0 Å². The number of hydrogen-bond donors (Lipinski definition) is 1. The molecule has 0 fully saturated rings. The Hall–Kier alpha value is -2.61. The molecule has 0 spiro atoms. The third kappa shape index (κ3) is 3.11. The summed E-state index contributed by atoms with van der Waals surface area (Å²) in [5.74, 6) is -0.487. The Morgan fingerprint density at radius 2 is 2.00 bits per heavy atom. The lowest BCUT2D eigenvalue weighted by Crippen LogP contribution is -2.11. The molecule has 3 nitrogen and oxygen atoms in total. The van der Waals surface area contributed by atoms with Crippen molar-refractivity contribution >= 4 is 5.69 Å². The van der Waals surface area contributed by atoms with Gasteiger partial charge in [0.2, 0.25) is 0 Å². The van der Waals surface area contributed by atoms with Gasteiger partial charge >= 0.3 is 0 Å². The van der Waals surface area contributed by atoms with E-state index in [4.69, 9.17) is 10.00 Å². The number of anilines is 1. The van der Waals surface area contributed by atoms with Crippen LogP contribution in [0.3, 0.4) is 0 Å². The minimum Gasteiger partial charge on any atom is -0.496 e. The molecule has 21 heavy (non-hydrogen) atoms. The molecule has 1 unspecified atom stereocenters. The highest BCUT2D eigenvalue weighted by atomic mass is 19.1. The van der Waals surface area contributed by atoms with Crippen LogP contribution in [-0.4, -0.2) is 7.11 Å². The maximum absolute atomic E-state index is 14.0. The Kier molecular flexibility index (Phi) is 4.39. The number of rotatable bonds is 4. The fourth-order valence-corrected chi connectivity index (χ4v) is 2.16. The number of nitrogens with one attached hydrogen (secondary N) is 1. The Morgan fingerprint density at radius 1 is 1.24 bits per heavy atom. The van der Waals surface area contributed by atoms with Gasteiger partial charge in [0, 0.05) is 0 Å². The summed E-state index contributed by atoms with van der Waals surface area (Å²) in [7, 11) is 1.46. The first-order chi connectivity index (χ1) is 10.1. The Bertz CT molecular complexity index is 695. The van der Waals surface area contributed by atoms with Crippen molar-refractivity contribution in [2.75, 3.05) is 12.4 Å². The number of ether oxygens (including phenoxy) is 1. The number of halogens is 2. The predicted molar refractivity (Wildman–Crippen MR) is 76.1 cm³/mol. The number of hydrogen-bond acceptors (Lipinski definition) is 3. The molecule has 5 heteroatoms. The van der Waals surface area contributed by atoms with Crippen LogP contribution in [0.15, 0.2) is 36.4 Å². The van der Waals surface area contributed by atoms with E-state index in [0.717, 1.165) is 6.07 Å². The lowest BCUT2D eigenvalue weighted by Gasteiger charge is -2.19. The van der Waals surface area contributed by atoms with Crippen molar-refractivity contribution in [1.29, 1.82) is 5.26 Å². The molecule has 0 saturated heterocycles. The van der Waals surface area contributed by atoms with E-state index in [9.17, 15) is 8.78 Å². The van der Waals surface area contributed by atoms with E-state index >= 15 is 0 Å². The van der Waals surface area contributed by atoms with Gasteiger partial charge in [-0.1, -0.05) is 6.07 Å². The molecule has 0 aliphatic heterocycles. The lowest BCUT2D eigenvalue weighted by molar-refractivity contribution is 0.402. The Labute approximate surface area is 121 Å². The third-order valence-corrected chi connectivity index (χ3v) is 3.14. The standard InChI is InChI=1S/C16H14F2N2O/c1-10(16-13(18)4-3-5-15(16)21-2)20-14-7-6-12(17)8-11(14)9-19/h3-8,10,20H,1-2H3. The van der Waals surface area contributed by atoms with Crippen molar-refractivity contribution in [3.05, 3.63) is 59.2 Å². The number of methoxy groups -OCH3 is 1. The molecule has 0 bridgehead atoms. The van der Waals surface area contributed by atoms with Gasteiger partial charge < -0.3 is 10.1 Å². The van der Waals surface area contributed by atoms with Gasteiger partial charge in [0.1, 0.15) is 23.5 Å². The van der Waals surface area contributed by atoms with Crippen LogP contribution in [0.4, 0.5) is 14.5 Å². The van der Waals surface area contributed by atoms with Crippen molar-refractivity contribution < 1.29 is 13.5 Å². The van der Waals surface area contributed by atoms with Crippen LogP contribution in [0, 0.1) is 23.0 Å². The highest BCUT2D eigenvalue weighted by Gasteiger charge is 2.17. The van der Waals surface area contributed by atoms with Crippen molar-refractivity contribution in [3.63, 3.8) is 0 Å². The molecule has 0 saturated carbocycles. The smallest absolute Gasteiger partial charge is 0.132 e. The van der Waals surface area contributed by atoms with Gasteiger partial charge in [0.05, 0.1) is 30.0 Å². The summed E-state index contributed by atoms with van der Waals surface area (Å²) < 4.78 is 32.3. The average molecular weight is 288 g/mol. The molecule has 1 atom stereocenters. The summed E-state index contributed by atoms with van der Waals surface area (Å²) >= 11 is 0. The summed E-state index contributed by atoms with van der Waals surface area (Å²) in [5, 5.41) is 12.0. The van der Waals surface area contributed by atoms with E-state index in [1.165, 1.54) is 25.3 Å². The minimum absolute atomic E-state index is 0.164. The monoisotopic (exact) mass is 288 g/mol. The van der Waals surface area contributed by atoms with Crippen molar-refractivity contribution in [2.24, 2.45) is 0 Å². The van der Waals surface area contributed by atoms with Crippen LogP contribution in [0.25, 0.3) is 0 Å². The quantitative estimate of drug-likeness (QED) is 0.924. The number of nitrogens with zero attached hydrogens (tertiary/aromatic N) is 1. The molecule has 1 N–H and O–H groups in total. The average Bonchev–Trinajstić information content (AvgIpc) is 2.48. The minimum atomic E-state index is -0.492. The normalized spacial score (nSPS) is 11.6. The first-order valence-electron chi connectivity index (χ1n) is 6.35. The molecule has 0 heterocycles. The first kappa shape index (κ1) is 14.8. The van der Waals surface area contributed by atoms with E-state index in [-0.39, 0.29) is 5.56 Å². The van der Waals surface area contributed by atoms with Gasteiger partial charge in [-0.05, 0) is 37.3 Å².